The van der Waals surface area contributed by atoms with Gasteiger partial charge in [0.05, 0.1) is 15.1 Å². The van der Waals surface area contributed by atoms with Crippen LogP contribution in [0.2, 0.25) is 0 Å². The number of furan rings is 1. The Labute approximate surface area is 264 Å². The zero-order chi connectivity index (χ0) is 37.9. The lowest BCUT2D eigenvalue weighted by atomic mass is 9.84. The lowest BCUT2D eigenvalue weighted by molar-refractivity contribution is 0.669. The van der Waals surface area contributed by atoms with Gasteiger partial charge >= 0.3 is 0 Å². The van der Waals surface area contributed by atoms with Crippen LogP contribution < -0.4 is 0 Å². The van der Waals surface area contributed by atoms with Crippen molar-refractivity contribution in [3.8, 4) is 33.4 Å². The summed E-state index contributed by atoms with van der Waals surface area (Å²) in [5.74, 6) is 0. The lowest BCUT2D eigenvalue weighted by Gasteiger charge is -2.18. The highest BCUT2D eigenvalue weighted by Crippen LogP contribution is 2.48. The van der Waals surface area contributed by atoms with Crippen molar-refractivity contribution in [2.75, 3.05) is 0 Å². The molecule has 9 rings (SSSR count). The second kappa shape index (κ2) is 9.44. The van der Waals surface area contributed by atoms with Crippen LogP contribution in [0, 0.1) is 0 Å². The summed E-state index contributed by atoms with van der Waals surface area (Å²) >= 11 is 0. The van der Waals surface area contributed by atoms with E-state index < -0.39 is 60.4 Å². The maximum atomic E-state index is 9.50. The van der Waals surface area contributed by atoms with E-state index in [9.17, 15) is 1.37 Å². The molecule has 0 radical (unpaired) electrons. The van der Waals surface area contributed by atoms with Gasteiger partial charge in [-0.2, -0.15) is 0 Å². The third kappa shape index (κ3) is 3.65. The third-order valence-electron chi connectivity index (χ3n) is 8.10. The van der Waals surface area contributed by atoms with E-state index in [2.05, 4.69) is 30.3 Å². The fourth-order valence-corrected chi connectivity index (χ4v) is 6.31. The van der Waals surface area contributed by atoms with Crippen molar-refractivity contribution in [3.63, 3.8) is 0 Å². The molecule has 0 saturated heterocycles. The van der Waals surface area contributed by atoms with Crippen LogP contribution in [0.1, 0.15) is 15.1 Å². The van der Waals surface area contributed by atoms with Gasteiger partial charge in [0.25, 0.3) is 0 Å². The van der Waals surface area contributed by atoms with Crippen molar-refractivity contribution in [3.05, 3.63) is 157 Å². The second-order valence-corrected chi connectivity index (χ2v) is 10.4. The molecule has 8 aromatic carbocycles. The SMILES string of the molecule is [2H]c1c([2H])c([2H])c(-c2c([2H])c([2H])c([2H])c3oc4c([2H])c([2H])c([2H])c(-c5c6ccccc6c(-c6ccc7ccccc7c6)c6ccccc56)c4c23)c([2H])c1[2H]. The van der Waals surface area contributed by atoms with Crippen molar-refractivity contribution in [1.82, 2.24) is 0 Å². The molecule has 0 unspecified atom stereocenters. The average molecular weight is 558 g/mol. The Morgan fingerprint density at radius 3 is 1.65 bits per heavy atom. The zero-order valence-corrected chi connectivity index (χ0v) is 22.6. The predicted molar refractivity (Wildman–Crippen MR) is 183 cm³/mol. The third-order valence-corrected chi connectivity index (χ3v) is 8.10. The molecule has 1 aromatic heterocycles. The lowest BCUT2D eigenvalue weighted by Crippen LogP contribution is -1.91. The van der Waals surface area contributed by atoms with Crippen molar-refractivity contribution in [2.24, 2.45) is 0 Å². The van der Waals surface area contributed by atoms with E-state index >= 15 is 0 Å². The van der Waals surface area contributed by atoms with Gasteiger partial charge in [0.15, 0.2) is 0 Å². The van der Waals surface area contributed by atoms with Crippen LogP contribution in [0.25, 0.3) is 87.6 Å². The highest BCUT2D eigenvalue weighted by atomic mass is 16.3. The van der Waals surface area contributed by atoms with Crippen molar-refractivity contribution in [2.45, 2.75) is 0 Å². The van der Waals surface area contributed by atoms with E-state index in [1.807, 2.05) is 60.7 Å². The minimum Gasteiger partial charge on any atom is -0.456 e. The molecule has 1 heterocycles. The fraction of sp³-hybridized carbons (Fsp3) is 0. The van der Waals surface area contributed by atoms with Crippen LogP contribution in [0.4, 0.5) is 0 Å². The van der Waals surface area contributed by atoms with Gasteiger partial charge in [0.2, 0.25) is 0 Å². The first kappa shape index (κ1) is 15.5. The van der Waals surface area contributed by atoms with Gasteiger partial charge in [0.1, 0.15) is 11.2 Å². The van der Waals surface area contributed by atoms with Gasteiger partial charge in [-0.05, 0) is 83.8 Å². The molecule has 0 bridgehead atoms. The van der Waals surface area contributed by atoms with Crippen LogP contribution in [0.3, 0.4) is 0 Å². The number of hydrogen-bond acceptors (Lipinski definition) is 1. The first-order chi connectivity index (χ1) is 25.9. The van der Waals surface area contributed by atoms with E-state index in [0.717, 1.165) is 32.7 Å². The van der Waals surface area contributed by atoms with E-state index in [0.29, 0.717) is 16.3 Å². The molecule has 0 saturated carbocycles. The van der Waals surface area contributed by atoms with Crippen LogP contribution in [0.15, 0.2) is 162 Å². The highest BCUT2D eigenvalue weighted by Gasteiger charge is 2.21. The topological polar surface area (TPSA) is 13.1 Å². The molecule has 1 nitrogen and oxygen atoms in total. The van der Waals surface area contributed by atoms with Crippen LogP contribution in [-0.2, 0) is 0 Å². The van der Waals surface area contributed by atoms with Crippen molar-refractivity contribution < 1.29 is 19.5 Å². The molecular weight excluding hydrogens is 520 g/mol. The molecule has 43 heavy (non-hydrogen) atoms. The smallest absolute Gasteiger partial charge is 0.136 e. The summed E-state index contributed by atoms with van der Waals surface area (Å²) < 4.78 is 103. The Bertz CT molecular complexity index is 3040. The van der Waals surface area contributed by atoms with Gasteiger partial charge < -0.3 is 4.42 Å². The molecular formula is C42H26O. The summed E-state index contributed by atoms with van der Waals surface area (Å²) in [5, 5.41) is 5.27. The van der Waals surface area contributed by atoms with E-state index in [1.54, 1.807) is 0 Å². The predicted octanol–water partition coefficient (Wildman–Crippen LogP) is 12.0. The van der Waals surface area contributed by atoms with E-state index in [4.69, 9.17) is 18.1 Å². The second-order valence-electron chi connectivity index (χ2n) is 10.4. The van der Waals surface area contributed by atoms with E-state index in [-0.39, 0.29) is 44.7 Å². The molecule has 0 aliphatic rings. The van der Waals surface area contributed by atoms with Crippen molar-refractivity contribution >= 4 is 54.3 Å². The summed E-state index contributed by atoms with van der Waals surface area (Å²) in [6.45, 7) is 0. The molecule has 1 heteroatoms. The molecule has 0 amide bonds. The number of hydrogen-bond donors (Lipinski definition) is 0. The Kier molecular flexibility index (Phi) is 3.41. The standard InChI is InChI=1S/C42H26O/c1-2-13-28(14-3-1)31-20-10-22-37-41(31)42-36(21-11-23-38(42)43-37)40-34-18-8-6-16-32(34)39(33-17-7-9-19-35(33)40)30-25-24-27-12-4-5-15-29(27)26-30/h1-26H/i1D,2D,3D,10D,11D,13D,14D,20D,21D,22D,23D. The molecule has 0 atom stereocenters. The van der Waals surface area contributed by atoms with Crippen LogP contribution >= 0.6 is 0 Å². The maximum Gasteiger partial charge on any atom is 0.136 e. The van der Waals surface area contributed by atoms with Crippen molar-refractivity contribution in [1.29, 1.82) is 0 Å². The van der Waals surface area contributed by atoms with Gasteiger partial charge in [-0.15, -0.1) is 0 Å². The van der Waals surface area contributed by atoms with Gasteiger partial charge in [-0.25, -0.2) is 0 Å². The van der Waals surface area contributed by atoms with Gasteiger partial charge in [0, 0.05) is 10.8 Å². The summed E-state index contributed by atoms with van der Waals surface area (Å²) in [5.41, 5.74) is 1.54. The minimum absolute atomic E-state index is 0.0432. The van der Waals surface area contributed by atoms with Gasteiger partial charge in [-0.1, -0.05) is 139 Å². The summed E-state index contributed by atoms with van der Waals surface area (Å²) in [6.07, 6.45) is 0. The summed E-state index contributed by atoms with van der Waals surface area (Å²) in [6, 6.07) is 23.6. The monoisotopic (exact) mass is 557 g/mol. The Hall–Kier alpha value is -5.66. The molecule has 0 aliphatic carbocycles. The maximum absolute atomic E-state index is 9.50. The van der Waals surface area contributed by atoms with E-state index in [1.165, 1.54) is 0 Å². The average Bonchev–Trinajstić information content (AvgIpc) is 3.58. The molecule has 0 N–H and O–H groups in total. The van der Waals surface area contributed by atoms with Crippen LogP contribution in [-0.4, -0.2) is 0 Å². The minimum atomic E-state index is -0.648. The molecule has 9 aromatic rings. The fourth-order valence-electron chi connectivity index (χ4n) is 6.31. The molecule has 200 valence electrons. The Balaban J connectivity index is 1.53. The Morgan fingerprint density at radius 2 is 0.977 bits per heavy atom. The normalized spacial score (nSPS) is 15.3. The number of fused-ring (bicyclic) bond motifs is 6. The first-order valence-electron chi connectivity index (χ1n) is 19.4. The molecule has 0 aliphatic heterocycles. The number of benzene rings is 8. The summed E-state index contributed by atoms with van der Waals surface area (Å²) in [4.78, 5) is 0. The quantitative estimate of drug-likeness (QED) is 0.197. The highest BCUT2D eigenvalue weighted by molar-refractivity contribution is 6.27. The summed E-state index contributed by atoms with van der Waals surface area (Å²) in [7, 11) is 0. The largest absolute Gasteiger partial charge is 0.456 e. The molecule has 0 fully saturated rings. The molecule has 0 spiro atoms. The van der Waals surface area contributed by atoms with Crippen LogP contribution in [0.5, 0.6) is 0 Å². The number of rotatable bonds is 3. The Morgan fingerprint density at radius 1 is 0.419 bits per heavy atom. The zero-order valence-electron chi connectivity index (χ0n) is 33.6. The van der Waals surface area contributed by atoms with Gasteiger partial charge in [-0.3, -0.25) is 0 Å². The first-order valence-corrected chi connectivity index (χ1v) is 13.9.